The fourth-order valence-electron chi connectivity index (χ4n) is 3.14. The van der Waals surface area contributed by atoms with E-state index >= 15 is 0 Å². The van der Waals surface area contributed by atoms with Gasteiger partial charge in [0, 0.05) is 31.2 Å². The number of sulfonamides is 1. The first-order valence-electron chi connectivity index (χ1n) is 8.80. The Morgan fingerprint density at radius 2 is 2.15 bits per heavy atom. The number of aryl methyl sites for hydroxylation is 1. The standard InChI is InChI=1S/C19H23N3O3S/c1-2-15-6-3-8-17(12-15)21-19(23)16-7-5-11-22(14-16)26(24,25)18-9-4-10-20-13-18/h3-4,6,8-10,12-13,16H,2,5,7,11,14H2,1H3,(H,21,23)/t16-/m1/s1. The molecule has 1 amide bonds. The lowest BCUT2D eigenvalue weighted by Crippen LogP contribution is -2.43. The molecule has 1 aliphatic rings. The Labute approximate surface area is 154 Å². The number of amides is 1. The number of benzene rings is 1. The molecular weight excluding hydrogens is 350 g/mol. The average Bonchev–Trinajstić information content (AvgIpc) is 2.69. The summed E-state index contributed by atoms with van der Waals surface area (Å²) < 4.78 is 26.9. The van der Waals surface area contributed by atoms with E-state index in [1.165, 1.54) is 22.8 Å². The molecule has 0 radical (unpaired) electrons. The molecular formula is C19H23N3O3S. The molecule has 1 aliphatic heterocycles. The third kappa shape index (κ3) is 4.11. The van der Waals surface area contributed by atoms with Gasteiger partial charge in [0.25, 0.3) is 0 Å². The van der Waals surface area contributed by atoms with E-state index in [9.17, 15) is 13.2 Å². The first-order chi connectivity index (χ1) is 12.5. The number of aromatic nitrogens is 1. The second-order valence-corrected chi connectivity index (χ2v) is 8.37. The molecule has 1 aromatic heterocycles. The Morgan fingerprint density at radius 3 is 2.88 bits per heavy atom. The van der Waals surface area contributed by atoms with Crippen molar-refractivity contribution < 1.29 is 13.2 Å². The number of anilines is 1. The number of carbonyl (C=O) groups excluding carboxylic acids is 1. The Morgan fingerprint density at radius 1 is 1.31 bits per heavy atom. The topological polar surface area (TPSA) is 79.4 Å². The molecule has 1 fully saturated rings. The van der Waals surface area contributed by atoms with E-state index in [0.717, 1.165) is 17.7 Å². The van der Waals surface area contributed by atoms with Gasteiger partial charge in [-0.05, 0) is 49.1 Å². The lowest BCUT2D eigenvalue weighted by molar-refractivity contribution is -0.120. The van der Waals surface area contributed by atoms with Crippen LogP contribution in [0.4, 0.5) is 5.69 Å². The van der Waals surface area contributed by atoms with Crippen LogP contribution in [0.5, 0.6) is 0 Å². The summed E-state index contributed by atoms with van der Waals surface area (Å²) in [5.74, 6) is -0.496. The van der Waals surface area contributed by atoms with Gasteiger partial charge in [-0.1, -0.05) is 19.1 Å². The van der Waals surface area contributed by atoms with Crippen LogP contribution in [-0.4, -0.2) is 36.7 Å². The molecule has 7 heteroatoms. The third-order valence-electron chi connectivity index (χ3n) is 4.63. The van der Waals surface area contributed by atoms with Crippen LogP contribution < -0.4 is 5.32 Å². The maximum absolute atomic E-state index is 12.8. The summed E-state index contributed by atoms with van der Waals surface area (Å²) in [5.41, 5.74) is 1.90. The van der Waals surface area contributed by atoms with E-state index in [1.54, 1.807) is 6.07 Å². The van der Waals surface area contributed by atoms with Gasteiger partial charge in [-0.25, -0.2) is 8.42 Å². The quantitative estimate of drug-likeness (QED) is 0.874. The first kappa shape index (κ1) is 18.5. The fourth-order valence-corrected chi connectivity index (χ4v) is 4.63. The van der Waals surface area contributed by atoms with Crippen LogP contribution in [0.2, 0.25) is 0 Å². The molecule has 0 spiro atoms. The molecule has 2 heterocycles. The van der Waals surface area contributed by atoms with E-state index in [4.69, 9.17) is 0 Å². The van der Waals surface area contributed by atoms with Crippen LogP contribution >= 0.6 is 0 Å². The molecule has 2 aromatic rings. The minimum Gasteiger partial charge on any atom is -0.326 e. The van der Waals surface area contributed by atoms with Gasteiger partial charge < -0.3 is 5.32 Å². The molecule has 0 bridgehead atoms. The smallest absolute Gasteiger partial charge is 0.244 e. The lowest BCUT2D eigenvalue weighted by atomic mass is 9.98. The summed E-state index contributed by atoms with van der Waals surface area (Å²) in [7, 11) is -3.62. The average molecular weight is 373 g/mol. The summed E-state index contributed by atoms with van der Waals surface area (Å²) in [6.07, 6.45) is 5.11. The number of carbonyl (C=O) groups is 1. The Kier molecular flexibility index (Phi) is 5.68. The van der Waals surface area contributed by atoms with Crippen LogP contribution in [0.1, 0.15) is 25.3 Å². The molecule has 0 aliphatic carbocycles. The van der Waals surface area contributed by atoms with E-state index in [0.29, 0.717) is 19.4 Å². The van der Waals surface area contributed by atoms with E-state index < -0.39 is 10.0 Å². The highest BCUT2D eigenvalue weighted by atomic mass is 32.2. The number of hydrogen-bond acceptors (Lipinski definition) is 4. The van der Waals surface area contributed by atoms with E-state index in [-0.39, 0.29) is 23.3 Å². The van der Waals surface area contributed by atoms with Crippen molar-refractivity contribution >= 4 is 21.6 Å². The maximum Gasteiger partial charge on any atom is 0.244 e. The molecule has 1 atom stereocenters. The number of piperidine rings is 1. The highest BCUT2D eigenvalue weighted by Crippen LogP contribution is 2.24. The van der Waals surface area contributed by atoms with Crippen molar-refractivity contribution in [2.75, 3.05) is 18.4 Å². The zero-order chi connectivity index (χ0) is 18.6. The van der Waals surface area contributed by atoms with Crippen molar-refractivity contribution in [3.8, 4) is 0 Å². The first-order valence-corrected chi connectivity index (χ1v) is 10.2. The summed E-state index contributed by atoms with van der Waals surface area (Å²) in [5, 5.41) is 2.93. The SMILES string of the molecule is CCc1cccc(NC(=O)[C@@H]2CCCN(S(=O)(=O)c3cccnc3)C2)c1. The fraction of sp³-hybridized carbons (Fsp3) is 0.368. The van der Waals surface area contributed by atoms with Crippen LogP contribution in [0.15, 0.2) is 53.7 Å². The zero-order valence-electron chi connectivity index (χ0n) is 14.8. The van der Waals surface area contributed by atoms with E-state index in [1.807, 2.05) is 24.3 Å². The van der Waals surface area contributed by atoms with Crippen molar-refractivity contribution in [1.29, 1.82) is 0 Å². The van der Waals surface area contributed by atoms with Gasteiger partial charge in [0.2, 0.25) is 15.9 Å². The number of pyridine rings is 1. The van der Waals surface area contributed by atoms with Gasteiger partial charge in [-0.15, -0.1) is 0 Å². The Balaban J connectivity index is 1.71. The predicted octanol–water partition coefficient (Wildman–Crippen LogP) is 2.68. The zero-order valence-corrected chi connectivity index (χ0v) is 15.6. The molecule has 0 unspecified atom stereocenters. The second kappa shape index (κ2) is 7.97. The minimum atomic E-state index is -3.62. The normalized spacial score (nSPS) is 18.4. The minimum absolute atomic E-state index is 0.135. The number of nitrogens with one attached hydrogen (secondary N) is 1. The molecule has 138 valence electrons. The molecule has 1 aromatic carbocycles. The Hall–Kier alpha value is -2.25. The van der Waals surface area contributed by atoms with Crippen LogP contribution in [0, 0.1) is 5.92 Å². The molecule has 26 heavy (non-hydrogen) atoms. The lowest BCUT2D eigenvalue weighted by Gasteiger charge is -2.31. The number of rotatable bonds is 5. The Bertz CT molecular complexity index is 869. The highest BCUT2D eigenvalue weighted by molar-refractivity contribution is 7.89. The molecule has 1 N–H and O–H groups in total. The van der Waals surface area contributed by atoms with Crippen molar-refractivity contribution in [2.45, 2.75) is 31.1 Å². The number of hydrogen-bond donors (Lipinski definition) is 1. The van der Waals surface area contributed by atoms with Crippen LogP contribution in [0.3, 0.4) is 0 Å². The largest absolute Gasteiger partial charge is 0.326 e. The molecule has 1 saturated heterocycles. The molecule has 0 saturated carbocycles. The summed E-state index contributed by atoms with van der Waals surface area (Å²) in [4.78, 5) is 16.7. The van der Waals surface area contributed by atoms with Crippen molar-refractivity contribution in [3.63, 3.8) is 0 Å². The summed E-state index contributed by atoms with van der Waals surface area (Å²) >= 11 is 0. The van der Waals surface area contributed by atoms with Crippen molar-refractivity contribution in [3.05, 3.63) is 54.4 Å². The van der Waals surface area contributed by atoms with Crippen molar-refractivity contribution in [2.24, 2.45) is 5.92 Å². The highest BCUT2D eigenvalue weighted by Gasteiger charge is 2.33. The van der Waals surface area contributed by atoms with Gasteiger partial charge in [0.05, 0.1) is 5.92 Å². The van der Waals surface area contributed by atoms with Gasteiger partial charge >= 0.3 is 0 Å². The summed E-state index contributed by atoms with van der Waals surface area (Å²) in [6.45, 7) is 2.67. The second-order valence-electron chi connectivity index (χ2n) is 6.43. The van der Waals surface area contributed by atoms with Crippen LogP contribution in [-0.2, 0) is 21.2 Å². The molecule has 3 rings (SSSR count). The monoisotopic (exact) mass is 373 g/mol. The number of nitrogens with zero attached hydrogens (tertiary/aromatic N) is 2. The van der Waals surface area contributed by atoms with Gasteiger partial charge in [-0.3, -0.25) is 9.78 Å². The van der Waals surface area contributed by atoms with Gasteiger partial charge in [-0.2, -0.15) is 4.31 Å². The van der Waals surface area contributed by atoms with Gasteiger partial charge in [0.15, 0.2) is 0 Å². The third-order valence-corrected chi connectivity index (χ3v) is 6.48. The molecule has 6 nitrogen and oxygen atoms in total. The van der Waals surface area contributed by atoms with Gasteiger partial charge in [0.1, 0.15) is 4.90 Å². The summed E-state index contributed by atoms with van der Waals surface area (Å²) in [6, 6.07) is 10.9. The van der Waals surface area contributed by atoms with E-state index in [2.05, 4.69) is 17.2 Å². The van der Waals surface area contributed by atoms with Crippen molar-refractivity contribution in [1.82, 2.24) is 9.29 Å². The van der Waals surface area contributed by atoms with Crippen LogP contribution in [0.25, 0.3) is 0 Å². The maximum atomic E-state index is 12.8. The predicted molar refractivity (Wildman–Crippen MR) is 100 cm³/mol.